The fourth-order valence-electron chi connectivity index (χ4n) is 2.61. The molecule has 2 nitrogen and oxygen atoms in total. The molecule has 0 aliphatic carbocycles. The van der Waals surface area contributed by atoms with Gasteiger partial charge >= 0.3 is 0 Å². The van der Waals surface area contributed by atoms with Crippen LogP contribution < -0.4 is 4.90 Å². The number of fused-ring (bicyclic) bond motifs is 1. The number of hydrogen-bond donors (Lipinski definition) is 0. The van der Waals surface area contributed by atoms with Crippen LogP contribution >= 0.6 is 0 Å². The number of rotatable bonds is 2. The molecule has 1 heterocycles. The van der Waals surface area contributed by atoms with Crippen LogP contribution in [0.3, 0.4) is 0 Å². The van der Waals surface area contributed by atoms with Crippen LogP contribution in [0.15, 0.2) is 42.5 Å². The first-order chi connectivity index (χ1) is 8.78. The van der Waals surface area contributed by atoms with E-state index in [1.165, 1.54) is 16.8 Å². The lowest BCUT2D eigenvalue weighted by Crippen LogP contribution is -2.15. The fourth-order valence-corrected chi connectivity index (χ4v) is 2.61. The second kappa shape index (κ2) is 4.30. The quantitative estimate of drug-likeness (QED) is 0.747. The molecule has 2 heteroatoms. The second-order valence-electron chi connectivity index (χ2n) is 4.79. The van der Waals surface area contributed by atoms with Crippen molar-refractivity contribution in [2.75, 3.05) is 4.90 Å². The molecule has 90 valence electrons. The maximum Gasteiger partial charge on any atom is 0.150 e. The van der Waals surface area contributed by atoms with Crippen LogP contribution in [0.2, 0.25) is 0 Å². The second-order valence-corrected chi connectivity index (χ2v) is 4.79. The summed E-state index contributed by atoms with van der Waals surface area (Å²) in [6.07, 6.45) is 0.898. The highest BCUT2D eigenvalue weighted by Crippen LogP contribution is 2.30. The number of carbonyl (C=O) groups excluding carboxylic acids is 1. The van der Waals surface area contributed by atoms with Crippen LogP contribution in [0.1, 0.15) is 27.0 Å². The molecule has 1 aliphatic rings. The van der Waals surface area contributed by atoms with Crippen LogP contribution in [-0.4, -0.2) is 6.29 Å². The summed E-state index contributed by atoms with van der Waals surface area (Å²) in [5.41, 5.74) is 5.92. The third-order valence-corrected chi connectivity index (χ3v) is 3.54. The lowest BCUT2D eigenvalue weighted by molar-refractivity contribution is 0.112. The molecule has 0 spiro atoms. The first-order valence-electron chi connectivity index (χ1n) is 6.15. The van der Waals surface area contributed by atoms with Gasteiger partial charge in [0.15, 0.2) is 0 Å². The standard InChI is InChI=1S/C16H15NO/c1-12-8-13(11-18)6-7-16(12)17-9-14-4-2-3-5-15(14)10-17/h2-8,11H,9-10H2,1H3. The van der Waals surface area contributed by atoms with E-state index in [1.807, 2.05) is 18.2 Å². The molecule has 2 aromatic rings. The Balaban J connectivity index is 1.92. The Kier molecular flexibility index (Phi) is 2.63. The summed E-state index contributed by atoms with van der Waals surface area (Å²) in [5, 5.41) is 0. The summed E-state index contributed by atoms with van der Waals surface area (Å²) in [7, 11) is 0. The van der Waals surface area contributed by atoms with E-state index >= 15 is 0 Å². The van der Waals surface area contributed by atoms with Crippen molar-refractivity contribution in [3.63, 3.8) is 0 Å². The average Bonchev–Trinajstić information content (AvgIpc) is 2.81. The molecular formula is C16H15NO. The predicted octanol–water partition coefficient (Wildman–Crippen LogP) is 3.33. The molecule has 0 saturated carbocycles. The number of anilines is 1. The zero-order valence-electron chi connectivity index (χ0n) is 10.4. The van der Waals surface area contributed by atoms with Crippen molar-refractivity contribution in [3.8, 4) is 0 Å². The predicted molar refractivity (Wildman–Crippen MR) is 72.9 cm³/mol. The smallest absolute Gasteiger partial charge is 0.150 e. The molecule has 0 aromatic heterocycles. The highest BCUT2D eigenvalue weighted by molar-refractivity contribution is 5.77. The van der Waals surface area contributed by atoms with Crippen molar-refractivity contribution in [2.45, 2.75) is 20.0 Å². The van der Waals surface area contributed by atoms with Crippen LogP contribution in [-0.2, 0) is 13.1 Å². The maximum atomic E-state index is 10.8. The Morgan fingerprint density at radius 2 is 1.72 bits per heavy atom. The van der Waals surface area contributed by atoms with E-state index in [1.54, 1.807) is 0 Å². The molecule has 0 fully saturated rings. The molecule has 3 rings (SSSR count). The number of benzene rings is 2. The van der Waals surface area contributed by atoms with Gasteiger partial charge in [0.05, 0.1) is 0 Å². The van der Waals surface area contributed by atoms with Gasteiger partial charge < -0.3 is 4.90 Å². The van der Waals surface area contributed by atoms with E-state index in [0.29, 0.717) is 0 Å². The fraction of sp³-hybridized carbons (Fsp3) is 0.188. The van der Waals surface area contributed by atoms with Crippen molar-refractivity contribution in [2.24, 2.45) is 0 Å². The molecule has 0 unspecified atom stereocenters. The number of carbonyl (C=O) groups is 1. The number of hydrogen-bond acceptors (Lipinski definition) is 2. The minimum Gasteiger partial charge on any atom is -0.363 e. The van der Waals surface area contributed by atoms with E-state index in [-0.39, 0.29) is 0 Å². The lowest BCUT2D eigenvalue weighted by Gasteiger charge is -2.20. The summed E-state index contributed by atoms with van der Waals surface area (Å²) in [4.78, 5) is 13.1. The summed E-state index contributed by atoms with van der Waals surface area (Å²) in [6.45, 7) is 3.97. The minimum absolute atomic E-state index is 0.743. The highest BCUT2D eigenvalue weighted by atomic mass is 16.1. The molecule has 1 aliphatic heterocycles. The van der Waals surface area contributed by atoms with Gasteiger partial charge in [-0.3, -0.25) is 4.79 Å². The number of aryl methyl sites for hydroxylation is 1. The van der Waals surface area contributed by atoms with Gasteiger partial charge in [-0.15, -0.1) is 0 Å². The van der Waals surface area contributed by atoms with Crippen molar-refractivity contribution in [1.82, 2.24) is 0 Å². The Morgan fingerprint density at radius 3 is 2.28 bits per heavy atom. The van der Waals surface area contributed by atoms with Gasteiger partial charge in [0.25, 0.3) is 0 Å². The minimum atomic E-state index is 0.743. The average molecular weight is 237 g/mol. The SMILES string of the molecule is Cc1cc(C=O)ccc1N1Cc2ccccc2C1. The molecule has 18 heavy (non-hydrogen) atoms. The van der Waals surface area contributed by atoms with E-state index in [2.05, 4.69) is 36.1 Å². The summed E-state index contributed by atoms with van der Waals surface area (Å²) in [5.74, 6) is 0. The van der Waals surface area contributed by atoms with Gasteiger partial charge in [-0.2, -0.15) is 0 Å². The van der Waals surface area contributed by atoms with Crippen LogP contribution in [0.4, 0.5) is 5.69 Å². The van der Waals surface area contributed by atoms with E-state index in [0.717, 1.165) is 30.5 Å². The van der Waals surface area contributed by atoms with Crippen LogP contribution in [0.5, 0.6) is 0 Å². The Morgan fingerprint density at radius 1 is 1.06 bits per heavy atom. The van der Waals surface area contributed by atoms with Crippen molar-refractivity contribution in [3.05, 3.63) is 64.7 Å². The largest absolute Gasteiger partial charge is 0.363 e. The highest BCUT2D eigenvalue weighted by Gasteiger charge is 2.19. The normalized spacial score (nSPS) is 13.5. The van der Waals surface area contributed by atoms with Gasteiger partial charge in [0.1, 0.15) is 6.29 Å². The first kappa shape index (κ1) is 11.0. The molecule has 0 bridgehead atoms. The summed E-state index contributed by atoms with van der Waals surface area (Å²) in [6, 6.07) is 14.4. The van der Waals surface area contributed by atoms with E-state index in [4.69, 9.17) is 0 Å². The van der Waals surface area contributed by atoms with Crippen molar-refractivity contribution >= 4 is 12.0 Å². The van der Waals surface area contributed by atoms with Gasteiger partial charge in [0, 0.05) is 24.3 Å². The van der Waals surface area contributed by atoms with E-state index < -0.39 is 0 Å². The molecule has 0 N–H and O–H groups in total. The zero-order chi connectivity index (χ0) is 12.5. The van der Waals surface area contributed by atoms with Gasteiger partial charge in [0.2, 0.25) is 0 Å². The molecule has 0 radical (unpaired) electrons. The monoisotopic (exact) mass is 237 g/mol. The number of aldehydes is 1. The van der Waals surface area contributed by atoms with Gasteiger partial charge in [-0.05, 0) is 41.8 Å². The summed E-state index contributed by atoms with van der Waals surface area (Å²) < 4.78 is 0. The zero-order valence-corrected chi connectivity index (χ0v) is 10.4. The van der Waals surface area contributed by atoms with Crippen molar-refractivity contribution < 1.29 is 4.79 Å². The third kappa shape index (κ3) is 1.80. The summed E-state index contributed by atoms with van der Waals surface area (Å²) >= 11 is 0. The Bertz CT molecular complexity index is 579. The first-order valence-corrected chi connectivity index (χ1v) is 6.15. The van der Waals surface area contributed by atoms with Crippen LogP contribution in [0, 0.1) is 6.92 Å². The molecule has 2 aromatic carbocycles. The van der Waals surface area contributed by atoms with Crippen molar-refractivity contribution in [1.29, 1.82) is 0 Å². The van der Waals surface area contributed by atoms with Gasteiger partial charge in [-0.25, -0.2) is 0 Å². The molecule has 0 atom stereocenters. The molecule has 0 saturated heterocycles. The molecular weight excluding hydrogens is 222 g/mol. The van der Waals surface area contributed by atoms with E-state index in [9.17, 15) is 4.79 Å². The Labute approximate surface area is 107 Å². The number of nitrogens with zero attached hydrogens (tertiary/aromatic N) is 1. The van der Waals surface area contributed by atoms with Crippen LogP contribution in [0.25, 0.3) is 0 Å². The van der Waals surface area contributed by atoms with Gasteiger partial charge in [-0.1, -0.05) is 24.3 Å². The third-order valence-electron chi connectivity index (χ3n) is 3.54. The lowest BCUT2D eigenvalue weighted by atomic mass is 10.1. The Hall–Kier alpha value is -2.09. The maximum absolute atomic E-state index is 10.8. The topological polar surface area (TPSA) is 20.3 Å². The molecule has 0 amide bonds.